The highest BCUT2D eigenvalue weighted by molar-refractivity contribution is 5.54. The molecule has 0 saturated carbocycles. The fourth-order valence-corrected chi connectivity index (χ4v) is 3.25. The second kappa shape index (κ2) is 7.31. The molecule has 1 atom stereocenters. The van der Waals surface area contributed by atoms with Gasteiger partial charge < -0.3 is 10.2 Å². The molecule has 0 aliphatic carbocycles. The Morgan fingerprint density at radius 2 is 1.95 bits per heavy atom. The Morgan fingerprint density at radius 3 is 2.67 bits per heavy atom. The number of para-hydroxylation sites is 1. The first-order chi connectivity index (χ1) is 10.0. The lowest BCUT2D eigenvalue weighted by Gasteiger charge is -2.39. The highest BCUT2D eigenvalue weighted by Crippen LogP contribution is 2.30. The Kier molecular flexibility index (Phi) is 5.69. The summed E-state index contributed by atoms with van der Waals surface area (Å²) in [6.07, 6.45) is 6.68. The smallest absolute Gasteiger partial charge is 0.0414 e. The van der Waals surface area contributed by atoms with Gasteiger partial charge in [0.15, 0.2) is 0 Å². The number of hydrogen-bond acceptors (Lipinski definition) is 2. The van der Waals surface area contributed by atoms with Gasteiger partial charge in [-0.2, -0.15) is 0 Å². The van der Waals surface area contributed by atoms with E-state index in [9.17, 15) is 0 Å². The zero-order chi connectivity index (χ0) is 15.3. The van der Waals surface area contributed by atoms with Crippen molar-refractivity contribution in [3.8, 4) is 0 Å². The minimum Gasteiger partial charge on any atom is -0.368 e. The monoisotopic (exact) mass is 288 g/mol. The molecule has 2 nitrogen and oxygen atoms in total. The quantitative estimate of drug-likeness (QED) is 0.842. The number of anilines is 1. The maximum absolute atomic E-state index is 3.64. The molecule has 0 radical (unpaired) electrons. The van der Waals surface area contributed by atoms with E-state index in [0.29, 0.717) is 0 Å². The predicted octanol–water partition coefficient (Wildman–Crippen LogP) is 4.73. The maximum Gasteiger partial charge on any atom is 0.0414 e. The van der Waals surface area contributed by atoms with Crippen LogP contribution < -0.4 is 10.2 Å². The molecule has 118 valence electrons. The van der Waals surface area contributed by atoms with Gasteiger partial charge in [-0.3, -0.25) is 0 Å². The SMILES string of the molecule is CCCC1CCCCN1c1ccccc1CNC(C)(C)C. The van der Waals surface area contributed by atoms with Gasteiger partial charge in [0.1, 0.15) is 0 Å². The number of nitrogens with zero attached hydrogens (tertiary/aromatic N) is 1. The number of benzene rings is 1. The van der Waals surface area contributed by atoms with E-state index < -0.39 is 0 Å². The molecule has 1 heterocycles. The molecule has 1 fully saturated rings. The van der Waals surface area contributed by atoms with Crippen molar-refractivity contribution in [2.24, 2.45) is 0 Å². The van der Waals surface area contributed by atoms with Gasteiger partial charge in [0.2, 0.25) is 0 Å². The Balaban J connectivity index is 2.17. The molecular weight excluding hydrogens is 256 g/mol. The molecule has 1 aromatic carbocycles. The lowest BCUT2D eigenvalue weighted by Crippen LogP contribution is -2.41. The lowest BCUT2D eigenvalue weighted by molar-refractivity contribution is 0.418. The molecule has 21 heavy (non-hydrogen) atoms. The largest absolute Gasteiger partial charge is 0.368 e. The van der Waals surface area contributed by atoms with Crippen LogP contribution in [0.2, 0.25) is 0 Å². The second-order valence-electron chi connectivity index (χ2n) is 7.36. The third-order valence-electron chi connectivity index (χ3n) is 4.36. The van der Waals surface area contributed by atoms with Crippen molar-refractivity contribution in [1.29, 1.82) is 0 Å². The van der Waals surface area contributed by atoms with E-state index in [1.807, 2.05) is 0 Å². The normalized spacial score (nSPS) is 19.8. The van der Waals surface area contributed by atoms with Crippen molar-refractivity contribution in [3.05, 3.63) is 29.8 Å². The van der Waals surface area contributed by atoms with Crippen molar-refractivity contribution in [3.63, 3.8) is 0 Å². The van der Waals surface area contributed by atoms with E-state index in [-0.39, 0.29) is 5.54 Å². The first-order valence-electron chi connectivity index (χ1n) is 8.61. The Hall–Kier alpha value is -1.02. The van der Waals surface area contributed by atoms with Gasteiger partial charge in [-0.25, -0.2) is 0 Å². The van der Waals surface area contributed by atoms with Gasteiger partial charge in [0.25, 0.3) is 0 Å². The van der Waals surface area contributed by atoms with Crippen molar-refractivity contribution < 1.29 is 0 Å². The Morgan fingerprint density at radius 1 is 1.19 bits per heavy atom. The standard InChI is InChI=1S/C19H32N2/c1-5-10-17-12-8-9-14-21(17)18-13-7-6-11-16(18)15-20-19(2,3)4/h6-7,11,13,17,20H,5,8-10,12,14-15H2,1-4H3. The molecule has 1 aromatic rings. The fraction of sp³-hybridized carbons (Fsp3) is 0.684. The summed E-state index contributed by atoms with van der Waals surface area (Å²) in [6.45, 7) is 11.2. The molecule has 0 amide bonds. The number of piperidine rings is 1. The Labute approximate surface area is 130 Å². The predicted molar refractivity (Wildman–Crippen MR) is 92.9 cm³/mol. The van der Waals surface area contributed by atoms with Crippen molar-refractivity contribution >= 4 is 5.69 Å². The van der Waals surface area contributed by atoms with Gasteiger partial charge in [-0.05, 0) is 58.1 Å². The topological polar surface area (TPSA) is 15.3 Å². The van der Waals surface area contributed by atoms with Crippen LogP contribution in [0.15, 0.2) is 24.3 Å². The summed E-state index contributed by atoms with van der Waals surface area (Å²) in [5, 5.41) is 3.64. The summed E-state index contributed by atoms with van der Waals surface area (Å²) in [4.78, 5) is 2.67. The fourth-order valence-electron chi connectivity index (χ4n) is 3.25. The first kappa shape index (κ1) is 16.4. The van der Waals surface area contributed by atoms with Crippen LogP contribution in [0.1, 0.15) is 65.4 Å². The molecule has 1 N–H and O–H groups in total. The van der Waals surface area contributed by atoms with E-state index in [4.69, 9.17) is 0 Å². The molecule has 2 rings (SSSR count). The van der Waals surface area contributed by atoms with Crippen LogP contribution in [0.4, 0.5) is 5.69 Å². The zero-order valence-corrected chi connectivity index (χ0v) is 14.3. The van der Waals surface area contributed by atoms with Gasteiger partial charge in [0, 0.05) is 30.4 Å². The van der Waals surface area contributed by atoms with E-state index in [2.05, 4.69) is 62.2 Å². The van der Waals surface area contributed by atoms with E-state index in [1.54, 1.807) is 0 Å². The van der Waals surface area contributed by atoms with Crippen LogP contribution in [-0.4, -0.2) is 18.1 Å². The van der Waals surface area contributed by atoms with Crippen molar-refractivity contribution in [2.75, 3.05) is 11.4 Å². The zero-order valence-electron chi connectivity index (χ0n) is 14.3. The highest BCUT2D eigenvalue weighted by Gasteiger charge is 2.23. The van der Waals surface area contributed by atoms with Crippen LogP contribution >= 0.6 is 0 Å². The summed E-state index contributed by atoms with van der Waals surface area (Å²) in [5.41, 5.74) is 3.06. The van der Waals surface area contributed by atoms with E-state index >= 15 is 0 Å². The minimum absolute atomic E-state index is 0.165. The molecular formula is C19H32N2. The van der Waals surface area contributed by atoms with Crippen molar-refractivity contribution in [1.82, 2.24) is 5.32 Å². The second-order valence-corrected chi connectivity index (χ2v) is 7.36. The van der Waals surface area contributed by atoms with Gasteiger partial charge in [-0.15, -0.1) is 0 Å². The third-order valence-corrected chi connectivity index (χ3v) is 4.36. The molecule has 2 heteroatoms. The van der Waals surface area contributed by atoms with Gasteiger partial charge in [-0.1, -0.05) is 31.5 Å². The van der Waals surface area contributed by atoms with Gasteiger partial charge in [0.05, 0.1) is 0 Å². The van der Waals surface area contributed by atoms with Crippen LogP contribution in [0, 0.1) is 0 Å². The minimum atomic E-state index is 0.165. The average molecular weight is 288 g/mol. The summed E-state index contributed by atoms with van der Waals surface area (Å²) in [5.74, 6) is 0. The lowest BCUT2D eigenvalue weighted by atomic mass is 9.96. The van der Waals surface area contributed by atoms with Crippen LogP contribution in [0.25, 0.3) is 0 Å². The van der Waals surface area contributed by atoms with E-state index in [1.165, 1.54) is 49.9 Å². The maximum atomic E-state index is 3.64. The summed E-state index contributed by atoms with van der Waals surface area (Å²) < 4.78 is 0. The number of hydrogen-bond donors (Lipinski definition) is 1. The highest BCUT2D eigenvalue weighted by atomic mass is 15.2. The van der Waals surface area contributed by atoms with Crippen LogP contribution in [0.5, 0.6) is 0 Å². The summed E-state index contributed by atoms with van der Waals surface area (Å²) in [7, 11) is 0. The van der Waals surface area contributed by atoms with Crippen molar-refractivity contribution in [2.45, 2.75) is 77.9 Å². The molecule has 1 saturated heterocycles. The van der Waals surface area contributed by atoms with Gasteiger partial charge >= 0.3 is 0 Å². The van der Waals surface area contributed by atoms with E-state index in [0.717, 1.165) is 12.6 Å². The first-order valence-corrected chi connectivity index (χ1v) is 8.61. The molecule has 0 spiro atoms. The molecule has 0 bridgehead atoms. The summed E-state index contributed by atoms with van der Waals surface area (Å²) >= 11 is 0. The average Bonchev–Trinajstić information content (AvgIpc) is 2.46. The molecule has 1 aliphatic heterocycles. The third kappa shape index (κ3) is 4.74. The summed E-state index contributed by atoms with van der Waals surface area (Å²) in [6, 6.07) is 9.69. The van der Waals surface area contributed by atoms with Crippen LogP contribution in [-0.2, 0) is 6.54 Å². The number of rotatable bonds is 5. The Bertz CT molecular complexity index is 431. The molecule has 1 aliphatic rings. The number of nitrogens with one attached hydrogen (secondary N) is 1. The van der Waals surface area contributed by atoms with Crippen LogP contribution in [0.3, 0.4) is 0 Å². The molecule has 1 unspecified atom stereocenters. The molecule has 0 aromatic heterocycles.